The van der Waals surface area contributed by atoms with Gasteiger partial charge in [0, 0.05) is 32.8 Å². The first-order valence-electron chi connectivity index (χ1n) is 11.7. The number of hydrogen-bond acceptors (Lipinski definition) is 6. The van der Waals surface area contributed by atoms with Crippen molar-refractivity contribution in [3.8, 4) is 5.69 Å². The molecule has 3 aromatic rings. The summed E-state index contributed by atoms with van der Waals surface area (Å²) in [5.41, 5.74) is 1.49. The highest BCUT2D eigenvalue weighted by atomic mass is 32.2. The van der Waals surface area contributed by atoms with Gasteiger partial charge in [0.25, 0.3) is 0 Å². The molecule has 0 spiro atoms. The van der Waals surface area contributed by atoms with E-state index >= 15 is 0 Å². The van der Waals surface area contributed by atoms with Gasteiger partial charge < -0.3 is 9.80 Å². The van der Waals surface area contributed by atoms with E-state index in [4.69, 9.17) is 0 Å². The van der Waals surface area contributed by atoms with Crippen LogP contribution in [-0.4, -0.2) is 60.2 Å². The summed E-state index contributed by atoms with van der Waals surface area (Å²) < 4.78 is 15.4. The van der Waals surface area contributed by atoms with Gasteiger partial charge in [-0.3, -0.25) is 19.1 Å². The predicted molar refractivity (Wildman–Crippen MR) is 131 cm³/mol. The van der Waals surface area contributed by atoms with Gasteiger partial charge in [-0.1, -0.05) is 30.3 Å². The van der Waals surface area contributed by atoms with Crippen LogP contribution in [0.2, 0.25) is 0 Å². The van der Waals surface area contributed by atoms with Crippen LogP contribution in [0.25, 0.3) is 5.69 Å². The van der Waals surface area contributed by atoms with E-state index in [1.807, 2.05) is 28.5 Å². The van der Waals surface area contributed by atoms with Crippen molar-refractivity contribution < 1.29 is 14.0 Å². The number of likely N-dealkylation sites (tertiary alicyclic amines) is 1. The van der Waals surface area contributed by atoms with Crippen LogP contribution in [0.3, 0.4) is 0 Å². The zero-order valence-corrected chi connectivity index (χ0v) is 20.7. The lowest BCUT2D eigenvalue weighted by Crippen LogP contribution is -2.33. The standard InChI is InChI=1S/C25H29FN6O2S/c1-18(24(34)30(2)16-19-8-6-9-20(26)14-19)35-25-29-28-22(32(25)21-10-7-12-27-15-21)17-31-13-5-3-4-11-23(31)33/h6-10,12,14-15,18H,3-5,11,13,16-17H2,1-2H3. The van der Waals surface area contributed by atoms with Crippen molar-refractivity contribution in [2.75, 3.05) is 13.6 Å². The Hall–Kier alpha value is -3.27. The van der Waals surface area contributed by atoms with Gasteiger partial charge in [0.1, 0.15) is 5.82 Å². The third kappa shape index (κ3) is 6.25. The minimum atomic E-state index is -0.458. The fraction of sp³-hybridized carbons (Fsp3) is 0.400. The summed E-state index contributed by atoms with van der Waals surface area (Å²) in [6.07, 6.45) is 6.87. The van der Waals surface area contributed by atoms with E-state index in [1.54, 1.807) is 36.5 Å². The molecule has 3 heterocycles. The number of carbonyl (C=O) groups is 2. The summed E-state index contributed by atoms with van der Waals surface area (Å²) in [5.74, 6) is 0.318. The predicted octanol–water partition coefficient (Wildman–Crippen LogP) is 3.84. The SMILES string of the molecule is CC(Sc1nnc(CN2CCCCCC2=O)n1-c1cccnc1)C(=O)N(C)Cc1cccc(F)c1. The number of hydrogen-bond donors (Lipinski definition) is 0. The maximum absolute atomic E-state index is 13.5. The highest BCUT2D eigenvalue weighted by Crippen LogP contribution is 2.27. The number of halogens is 1. The average molecular weight is 497 g/mol. The second-order valence-corrected chi connectivity index (χ2v) is 9.96. The molecule has 2 aromatic heterocycles. The lowest BCUT2D eigenvalue weighted by molar-refractivity contribution is -0.131. The second kappa shape index (κ2) is 11.4. The van der Waals surface area contributed by atoms with Gasteiger partial charge in [-0.25, -0.2) is 4.39 Å². The van der Waals surface area contributed by atoms with Crippen molar-refractivity contribution >= 4 is 23.6 Å². The minimum Gasteiger partial charge on any atom is -0.340 e. The first kappa shape index (κ1) is 24.8. The van der Waals surface area contributed by atoms with E-state index in [2.05, 4.69) is 15.2 Å². The Balaban J connectivity index is 1.53. The Morgan fingerprint density at radius 3 is 2.83 bits per heavy atom. The van der Waals surface area contributed by atoms with E-state index in [1.165, 1.54) is 23.9 Å². The van der Waals surface area contributed by atoms with Crippen molar-refractivity contribution in [2.24, 2.45) is 0 Å². The third-order valence-corrected chi connectivity index (χ3v) is 6.95. The molecule has 0 N–H and O–H groups in total. The van der Waals surface area contributed by atoms with Crippen LogP contribution in [-0.2, 0) is 22.7 Å². The van der Waals surface area contributed by atoms with Gasteiger partial charge in [-0.15, -0.1) is 10.2 Å². The molecule has 0 aliphatic carbocycles. The van der Waals surface area contributed by atoms with Gasteiger partial charge in [0.15, 0.2) is 11.0 Å². The monoisotopic (exact) mass is 496 g/mol. The van der Waals surface area contributed by atoms with Gasteiger partial charge in [-0.2, -0.15) is 0 Å². The van der Waals surface area contributed by atoms with Gasteiger partial charge in [-0.05, 0) is 49.6 Å². The molecule has 4 rings (SSSR count). The number of pyridine rings is 1. The number of amides is 2. The van der Waals surface area contributed by atoms with Crippen molar-refractivity contribution in [1.82, 2.24) is 29.5 Å². The van der Waals surface area contributed by atoms with Crippen molar-refractivity contribution in [2.45, 2.75) is 56.1 Å². The zero-order valence-electron chi connectivity index (χ0n) is 19.9. The summed E-state index contributed by atoms with van der Waals surface area (Å²) in [7, 11) is 1.70. The number of rotatable bonds is 8. The topological polar surface area (TPSA) is 84.2 Å². The number of nitrogens with zero attached hydrogens (tertiary/aromatic N) is 6. The minimum absolute atomic E-state index is 0.107. The highest BCUT2D eigenvalue weighted by Gasteiger charge is 2.26. The molecule has 1 aromatic carbocycles. The molecule has 1 atom stereocenters. The van der Waals surface area contributed by atoms with E-state index in [9.17, 15) is 14.0 Å². The van der Waals surface area contributed by atoms with Crippen LogP contribution < -0.4 is 0 Å². The molecule has 1 saturated heterocycles. The molecule has 8 nitrogen and oxygen atoms in total. The maximum atomic E-state index is 13.5. The lowest BCUT2D eigenvalue weighted by Gasteiger charge is -2.22. The fourth-order valence-electron chi connectivity index (χ4n) is 4.11. The quantitative estimate of drug-likeness (QED) is 0.441. The summed E-state index contributed by atoms with van der Waals surface area (Å²) >= 11 is 1.30. The Labute approximate surface area is 208 Å². The van der Waals surface area contributed by atoms with Crippen molar-refractivity contribution in [3.63, 3.8) is 0 Å². The maximum Gasteiger partial charge on any atom is 0.235 e. The molecule has 1 aliphatic heterocycles. The first-order chi connectivity index (χ1) is 16.9. The molecule has 0 radical (unpaired) electrons. The number of carbonyl (C=O) groups excluding carboxylic acids is 2. The molecule has 10 heteroatoms. The normalized spacial score (nSPS) is 15.1. The van der Waals surface area contributed by atoms with E-state index in [0.717, 1.165) is 30.5 Å². The highest BCUT2D eigenvalue weighted by molar-refractivity contribution is 8.00. The van der Waals surface area contributed by atoms with Gasteiger partial charge >= 0.3 is 0 Å². The fourth-order valence-corrected chi connectivity index (χ4v) is 5.11. The number of aromatic nitrogens is 4. The van der Waals surface area contributed by atoms with Crippen LogP contribution in [0.4, 0.5) is 4.39 Å². The molecular weight excluding hydrogens is 467 g/mol. The van der Waals surface area contributed by atoms with Crippen LogP contribution in [0, 0.1) is 5.82 Å². The Bertz CT molecular complexity index is 1170. The summed E-state index contributed by atoms with van der Waals surface area (Å²) in [5, 5.41) is 8.86. The van der Waals surface area contributed by atoms with Crippen LogP contribution in [0.1, 0.15) is 44.0 Å². The molecule has 2 amide bonds. The van der Waals surface area contributed by atoms with Crippen LogP contribution >= 0.6 is 11.8 Å². The molecule has 184 valence electrons. The Morgan fingerprint density at radius 1 is 1.20 bits per heavy atom. The van der Waals surface area contributed by atoms with Crippen LogP contribution in [0.5, 0.6) is 0 Å². The van der Waals surface area contributed by atoms with Crippen LogP contribution in [0.15, 0.2) is 53.9 Å². The van der Waals surface area contributed by atoms with Gasteiger partial charge in [0.05, 0.1) is 23.7 Å². The van der Waals surface area contributed by atoms with Crippen molar-refractivity contribution in [3.05, 3.63) is 66.0 Å². The van der Waals surface area contributed by atoms with E-state index in [0.29, 0.717) is 37.0 Å². The molecule has 0 bridgehead atoms. The number of thioether (sulfide) groups is 1. The third-order valence-electron chi connectivity index (χ3n) is 5.92. The summed E-state index contributed by atoms with van der Waals surface area (Å²) in [6.45, 7) is 3.17. The molecule has 1 unspecified atom stereocenters. The molecule has 35 heavy (non-hydrogen) atoms. The van der Waals surface area contributed by atoms with Gasteiger partial charge in [0.2, 0.25) is 11.8 Å². The summed E-state index contributed by atoms with van der Waals surface area (Å²) in [4.78, 5) is 33.3. The van der Waals surface area contributed by atoms with Crippen molar-refractivity contribution in [1.29, 1.82) is 0 Å². The zero-order chi connectivity index (χ0) is 24.8. The Morgan fingerprint density at radius 2 is 2.06 bits per heavy atom. The second-order valence-electron chi connectivity index (χ2n) is 8.66. The average Bonchev–Trinajstić information content (AvgIpc) is 3.12. The smallest absolute Gasteiger partial charge is 0.235 e. The largest absolute Gasteiger partial charge is 0.340 e. The molecule has 1 fully saturated rings. The van der Waals surface area contributed by atoms with E-state index in [-0.39, 0.29) is 17.6 Å². The summed E-state index contributed by atoms with van der Waals surface area (Å²) in [6, 6.07) is 9.96. The first-order valence-corrected chi connectivity index (χ1v) is 12.6. The lowest BCUT2D eigenvalue weighted by atomic mass is 10.2. The Kier molecular flexibility index (Phi) is 8.12. The molecule has 0 saturated carbocycles. The van der Waals surface area contributed by atoms with E-state index < -0.39 is 5.25 Å². The molecule has 1 aliphatic rings. The molecular formula is C25H29FN6O2S. The number of benzene rings is 1.